The van der Waals surface area contributed by atoms with Gasteiger partial charge in [0.1, 0.15) is 5.75 Å². The lowest BCUT2D eigenvalue weighted by Gasteiger charge is -2.07. The highest BCUT2D eigenvalue weighted by Gasteiger charge is 2.10. The molecule has 0 spiro atoms. The van der Waals surface area contributed by atoms with Gasteiger partial charge in [-0.3, -0.25) is 10.1 Å². The second-order valence-corrected chi connectivity index (χ2v) is 5.68. The number of ether oxygens (including phenoxy) is 1. The van der Waals surface area contributed by atoms with Crippen molar-refractivity contribution in [1.82, 2.24) is 10.6 Å². The van der Waals surface area contributed by atoms with Crippen LogP contribution in [-0.4, -0.2) is 40.3 Å². The van der Waals surface area contributed by atoms with Crippen LogP contribution in [0.3, 0.4) is 0 Å². The maximum Gasteiger partial charge on any atom is 0.321 e. The van der Waals surface area contributed by atoms with Gasteiger partial charge in [-0.15, -0.1) is 0 Å². The van der Waals surface area contributed by atoms with E-state index in [9.17, 15) is 18.0 Å². The first-order valence-electron chi connectivity index (χ1n) is 5.27. The highest BCUT2D eigenvalue weighted by Crippen LogP contribution is 2.17. The van der Waals surface area contributed by atoms with E-state index in [-0.39, 0.29) is 17.3 Å². The third-order valence-electron chi connectivity index (χ3n) is 2.08. The molecule has 1 rings (SSSR count). The quantitative estimate of drug-likeness (QED) is 0.806. The molecule has 0 unspecified atom stereocenters. The van der Waals surface area contributed by atoms with Gasteiger partial charge in [0, 0.05) is 13.3 Å². The van der Waals surface area contributed by atoms with E-state index in [1.54, 1.807) is 0 Å². The number of hydrogen-bond donors (Lipinski definition) is 2. The number of nitrogens with one attached hydrogen (secondary N) is 2. The maximum absolute atomic E-state index is 11.3. The SMILES string of the molecule is CNC(=O)NC(=O)COc1cccc(S(C)(=O)=O)c1. The van der Waals surface area contributed by atoms with Gasteiger partial charge in [0.2, 0.25) is 0 Å². The van der Waals surface area contributed by atoms with Gasteiger partial charge < -0.3 is 10.1 Å². The highest BCUT2D eigenvalue weighted by atomic mass is 32.2. The van der Waals surface area contributed by atoms with Crippen LogP contribution in [0.4, 0.5) is 4.79 Å². The summed E-state index contributed by atoms with van der Waals surface area (Å²) >= 11 is 0. The fourth-order valence-corrected chi connectivity index (χ4v) is 1.82. The molecule has 1 aromatic rings. The van der Waals surface area contributed by atoms with Crippen LogP contribution >= 0.6 is 0 Å². The molecule has 0 fully saturated rings. The van der Waals surface area contributed by atoms with E-state index in [4.69, 9.17) is 4.74 Å². The summed E-state index contributed by atoms with van der Waals surface area (Å²) < 4.78 is 27.7. The molecule has 0 atom stereocenters. The maximum atomic E-state index is 11.3. The van der Waals surface area contributed by atoms with Gasteiger partial charge in [0.05, 0.1) is 4.90 Å². The van der Waals surface area contributed by atoms with Gasteiger partial charge in [0.25, 0.3) is 5.91 Å². The Balaban J connectivity index is 2.64. The lowest BCUT2D eigenvalue weighted by Crippen LogP contribution is -2.39. The number of hydrogen-bond acceptors (Lipinski definition) is 5. The molecule has 2 N–H and O–H groups in total. The summed E-state index contributed by atoms with van der Waals surface area (Å²) in [4.78, 5) is 22.2. The van der Waals surface area contributed by atoms with E-state index < -0.39 is 21.8 Å². The minimum absolute atomic E-state index is 0.0942. The largest absolute Gasteiger partial charge is 0.484 e. The summed E-state index contributed by atoms with van der Waals surface area (Å²) in [6, 6.07) is 5.11. The molecule has 0 heterocycles. The van der Waals surface area contributed by atoms with Crippen LogP contribution in [0, 0.1) is 0 Å². The lowest BCUT2D eigenvalue weighted by atomic mass is 10.3. The van der Waals surface area contributed by atoms with E-state index in [1.165, 1.54) is 31.3 Å². The van der Waals surface area contributed by atoms with Crippen molar-refractivity contribution in [3.63, 3.8) is 0 Å². The van der Waals surface area contributed by atoms with E-state index >= 15 is 0 Å². The zero-order valence-electron chi connectivity index (χ0n) is 10.5. The summed E-state index contributed by atoms with van der Waals surface area (Å²) in [7, 11) is -1.96. The fourth-order valence-electron chi connectivity index (χ4n) is 1.17. The first-order chi connectivity index (χ1) is 8.82. The molecule has 0 bridgehead atoms. The third-order valence-corrected chi connectivity index (χ3v) is 3.19. The molecule has 0 saturated heterocycles. The Morgan fingerprint density at radius 2 is 2.00 bits per heavy atom. The number of carbonyl (C=O) groups excluding carboxylic acids is 2. The first-order valence-corrected chi connectivity index (χ1v) is 7.16. The predicted octanol–water partition coefficient (Wildman–Crippen LogP) is -0.0755. The zero-order chi connectivity index (χ0) is 14.5. The van der Waals surface area contributed by atoms with Crippen LogP contribution in [-0.2, 0) is 14.6 Å². The fraction of sp³-hybridized carbons (Fsp3) is 0.273. The molecule has 0 aliphatic carbocycles. The normalized spacial score (nSPS) is 10.6. The van der Waals surface area contributed by atoms with Crippen LogP contribution in [0.5, 0.6) is 5.75 Å². The van der Waals surface area contributed by atoms with E-state index in [1.807, 2.05) is 5.32 Å². The molecule has 1 aromatic carbocycles. The van der Waals surface area contributed by atoms with Crippen molar-refractivity contribution >= 4 is 21.8 Å². The Bertz CT molecular complexity index is 583. The molecule has 0 aliphatic rings. The highest BCUT2D eigenvalue weighted by molar-refractivity contribution is 7.90. The molecule has 8 heteroatoms. The number of imide groups is 1. The number of amides is 3. The zero-order valence-corrected chi connectivity index (χ0v) is 11.3. The Kier molecular flexibility index (Phi) is 4.87. The Morgan fingerprint density at radius 3 is 2.58 bits per heavy atom. The van der Waals surface area contributed by atoms with Gasteiger partial charge in [-0.05, 0) is 18.2 Å². The number of rotatable bonds is 4. The van der Waals surface area contributed by atoms with Gasteiger partial charge in [0.15, 0.2) is 16.4 Å². The second-order valence-electron chi connectivity index (χ2n) is 3.66. The minimum Gasteiger partial charge on any atom is -0.484 e. The monoisotopic (exact) mass is 286 g/mol. The van der Waals surface area contributed by atoms with Gasteiger partial charge in [-0.1, -0.05) is 6.07 Å². The summed E-state index contributed by atoms with van der Waals surface area (Å²) in [5.41, 5.74) is 0. The van der Waals surface area contributed by atoms with Crippen molar-refractivity contribution in [3.05, 3.63) is 24.3 Å². The number of carbonyl (C=O) groups is 2. The summed E-state index contributed by atoms with van der Waals surface area (Å²) in [5, 5.41) is 4.23. The molecule has 0 aromatic heterocycles. The molecule has 104 valence electrons. The summed E-state index contributed by atoms with van der Waals surface area (Å²) in [5.74, 6) is -0.404. The molecule has 7 nitrogen and oxygen atoms in total. The van der Waals surface area contributed by atoms with Crippen LogP contribution in [0.1, 0.15) is 0 Å². The van der Waals surface area contributed by atoms with Crippen molar-refractivity contribution in [2.24, 2.45) is 0 Å². The van der Waals surface area contributed by atoms with Crippen molar-refractivity contribution in [2.45, 2.75) is 4.90 Å². The molecular formula is C11H14N2O5S. The van der Waals surface area contributed by atoms with Crippen molar-refractivity contribution < 1.29 is 22.7 Å². The second kappa shape index (κ2) is 6.19. The van der Waals surface area contributed by atoms with Crippen LogP contribution in [0.2, 0.25) is 0 Å². The molecule has 3 amide bonds. The van der Waals surface area contributed by atoms with E-state index in [0.29, 0.717) is 0 Å². The minimum atomic E-state index is -3.33. The van der Waals surface area contributed by atoms with Gasteiger partial charge >= 0.3 is 6.03 Å². The standard InChI is InChI=1S/C11H14N2O5S/c1-12-11(15)13-10(14)7-18-8-4-3-5-9(6-8)19(2,16)17/h3-6H,7H2,1-2H3,(H2,12,13,14,15). The Morgan fingerprint density at radius 1 is 1.32 bits per heavy atom. The van der Waals surface area contributed by atoms with Gasteiger partial charge in [-0.25, -0.2) is 13.2 Å². The Labute approximate surface area is 110 Å². The summed E-state index contributed by atoms with van der Waals surface area (Å²) in [6.45, 7) is -0.388. The lowest BCUT2D eigenvalue weighted by molar-refractivity contribution is -0.122. The molecule has 0 radical (unpaired) electrons. The third kappa shape index (κ3) is 4.96. The topological polar surface area (TPSA) is 102 Å². The average Bonchev–Trinajstić information content (AvgIpc) is 2.35. The van der Waals surface area contributed by atoms with Crippen molar-refractivity contribution in [1.29, 1.82) is 0 Å². The van der Waals surface area contributed by atoms with Crippen LogP contribution in [0.15, 0.2) is 29.2 Å². The van der Waals surface area contributed by atoms with Crippen LogP contribution < -0.4 is 15.4 Å². The first kappa shape index (κ1) is 15.0. The molecule has 0 aliphatic heterocycles. The Hall–Kier alpha value is -2.09. The summed E-state index contributed by atoms with van der Waals surface area (Å²) in [6.07, 6.45) is 1.07. The molecular weight excluding hydrogens is 272 g/mol. The smallest absolute Gasteiger partial charge is 0.321 e. The van der Waals surface area contributed by atoms with E-state index in [2.05, 4.69) is 5.32 Å². The van der Waals surface area contributed by atoms with E-state index in [0.717, 1.165) is 6.26 Å². The molecule has 19 heavy (non-hydrogen) atoms. The average molecular weight is 286 g/mol. The van der Waals surface area contributed by atoms with Crippen molar-refractivity contribution in [2.75, 3.05) is 19.9 Å². The van der Waals surface area contributed by atoms with Gasteiger partial charge in [-0.2, -0.15) is 0 Å². The predicted molar refractivity (Wildman–Crippen MR) is 67.6 cm³/mol. The molecule has 0 saturated carbocycles. The van der Waals surface area contributed by atoms with Crippen molar-refractivity contribution in [3.8, 4) is 5.75 Å². The number of benzene rings is 1. The number of sulfone groups is 1. The van der Waals surface area contributed by atoms with Crippen LogP contribution in [0.25, 0.3) is 0 Å². The number of urea groups is 1.